The minimum absolute atomic E-state index is 0.110. The lowest BCUT2D eigenvalue weighted by Gasteiger charge is -2.14. The summed E-state index contributed by atoms with van der Waals surface area (Å²) in [4.78, 5) is 15.9. The summed E-state index contributed by atoms with van der Waals surface area (Å²) in [6, 6.07) is 4.44. The maximum Gasteiger partial charge on any atom is 0.339 e. The van der Waals surface area contributed by atoms with E-state index in [1.807, 2.05) is 13.8 Å². The number of ether oxygens (including phenoxy) is 2. The van der Waals surface area contributed by atoms with E-state index in [2.05, 4.69) is 4.98 Å². The minimum Gasteiger partial charge on any atom is -0.507 e. The van der Waals surface area contributed by atoms with Crippen LogP contribution in [0.3, 0.4) is 0 Å². The van der Waals surface area contributed by atoms with Crippen molar-refractivity contribution in [3.05, 3.63) is 57.2 Å². The Labute approximate surface area is 144 Å². The van der Waals surface area contributed by atoms with Crippen LogP contribution >= 0.6 is 0 Å². The van der Waals surface area contributed by atoms with E-state index < -0.39 is 5.63 Å². The molecule has 0 spiro atoms. The number of methoxy groups -OCH3 is 1. The van der Waals surface area contributed by atoms with Crippen molar-refractivity contribution in [1.29, 1.82) is 0 Å². The Morgan fingerprint density at radius 1 is 1.20 bits per heavy atom. The van der Waals surface area contributed by atoms with Crippen LogP contribution < -0.4 is 15.1 Å². The van der Waals surface area contributed by atoms with E-state index in [1.54, 1.807) is 32.4 Å². The maximum atomic E-state index is 11.5. The van der Waals surface area contributed by atoms with Gasteiger partial charge in [-0.15, -0.1) is 0 Å². The van der Waals surface area contributed by atoms with E-state index in [-0.39, 0.29) is 12.4 Å². The average Bonchev–Trinajstić information content (AvgIpc) is 2.56. The van der Waals surface area contributed by atoms with Crippen LogP contribution in [0.5, 0.6) is 17.2 Å². The number of hydrogen-bond acceptors (Lipinski definition) is 6. The molecule has 1 aromatic carbocycles. The summed E-state index contributed by atoms with van der Waals surface area (Å²) in [5, 5.41) is 10.3. The molecule has 0 saturated heterocycles. The van der Waals surface area contributed by atoms with E-state index >= 15 is 0 Å². The summed E-state index contributed by atoms with van der Waals surface area (Å²) < 4.78 is 16.5. The van der Waals surface area contributed by atoms with Gasteiger partial charge in [-0.05, 0) is 32.9 Å². The second kappa shape index (κ2) is 6.47. The van der Waals surface area contributed by atoms with Gasteiger partial charge in [-0.2, -0.15) is 0 Å². The van der Waals surface area contributed by atoms with Gasteiger partial charge in [-0.25, -0.2) is 4.79 Å². The minimum atomic E-state index is -0.606. The Morgan fingerprint density at radius 3 is 2.68 bits per heavy atom. The highest BCUT2D eigenvalue weighted by molar-refractivity contribution is 5.86. The molecule has 0 fully saturated rings. The molecule has 0 aliphatic rings. The Bertz CT molecular complexity index is 1010. The van der Waals surface area contributed by atoms with Gasteiger partial charge in [0.25, 0.3) is 0 Å². The Hall–Kier alpha value is -3.02. The van der Waals surface area contributed by atoms with Gasteiger partial charge < -0.3 is 19.0 Å². The molecule has 2 heterocycles. The monoisotopic (exact) mass is 341 g/mol. The number of rotatable bonds is 4. The molecular formula is C19H19NO5. The second-order valence-electron chi connectivity index (χ2n) is 5.85. The van der Waals surface area contributed by atoms with Crippen molar-refractivity contribution in [1.82, 2.24) is 4.98 Å². The summed E-state index contributed by atoms with van der Waals surface area (Å²) in [6.45, 7) is 5.89. The third kappa shape index (κ3) is 3.03. The highest BCUT2D eigenvalue weighted by atomic mass is 16.5. The fraction of sp³-hybridized carbons (Fsp3) is 0.263. The lowest BCUT2D eigenvalue weighted by molar-refractivity contribution is 0.296. The predicted octanol–water partition coefficient (Wildman–Crippen LogP) is 3.41. The molecule has 130 valence electrons. The SMILES string of the molecule is COc1c(C)cnc(COc2ccc3c(O)cc(=O)oc3c2C)c1C. The highest BCUT2D eigenvalue weighted by Gasteiger charge is 2.14. The van der Waals surface area contributed by atoms with E-state index in [1.165, 1.54) is 0 Å². The molecule has 0 saturated carbocycles. The van der Waals surface area contributed by atoms with Crippen molar-refractivity contribution in [2.75, 3.05) is 7.11 Å². The van der Waals surface area contributed by atoms with Crippen molar-refractivity contribution < 1.29 is 19.0 Å². The molecule has 6 nitrogen and oxygen atoms in total. The molecule has 0 radical (unpaired) electrons. The van der Waals surface area contributed by atoms with Gasteiger partial charge in [0, 0.05) is 22.9 Å². The highest BCUT2D eigenvalue weighted by Crippen LogP contribution is 2.32. The lowest BCUT2D eigenvalue weighted by atomic mass is 10.1. The molecule has 0 unspecified atom stereocenters. The van der Waals surface area contributed by atoms with Crippen molar-refractivity contribution in [2.24, 2.45) is 0 Å². The number of nitrogens with zero attached hydrogens (tertiary/aromatic N) is 1. The molecule has 0 aliphatic carbocycles. The van der Waals surface area contributed by atoms with Crippen molar-refractivity contribution in [3.8, 4) is 17.2 Å². The van der Waals surface area contributed by atoms with Crippen LogP contribution in [-0.2, 0) is 6.61 Å². The zero-order valence-corrected chi connectivity index (χ0v) is 14.5. The summed E-state index contributed by atoms with van der Waals surface area (Å²) in [7, 11) is 1.63. The first kappa shape index (κ1) is 16.8. The molecular weight excluding hydrogens is 322 g/mol. The number of aryl methyl sites for hydroxylation is 2. The zero-order chi connectivity index (χ0) is 18.1. The first-order chi connectivity index (χ1) is 11.9. The number of aromatic hydroxyl groups is 1. The molecule has 6 heteroatoms. The summed E-state index contributed by atoms with van der Waals surface area (Å²) >= 11 is 0. The first-order valence-corrected chi connectivity index (χ1v) is 7.80. The number of hydrogen-bond donors (Lipinski definition) is 1. The first-order valence-electron chi connectivity index (χ1n) is 7.80. The van der Waals surface area contributed by atoms with Crippen LogP contribution in [0.25, 0.3) is 11.0 Å². The molecule has 25 heavy (non-hydrogen) atoms. The van der Waals surface area contributed by atoms with E-state index in [0.29, 0.717) is 22.3 Å². The van der Waals surface area contributed by atoms with Gasteiger partial charge in [-0.3, -0.25) is 4.98 Å². The van der Waals surface area contributed by atoms with Crippen LogP contribution in [0, 0.1) is 20.8 Å². The smallest absolute Gasteiger partial charge is 0.339 e. The molecule has 0 atom stereocenters. The maximum absolute atomic E-state index is 11.5. The van der Waals surface area contributed by atoms with Crippen LogP contribution in [0.1, 0.15) is 22.4 Å². The fourth-order valence-electron chi connectivity index (χ4n) is 2.85. The van der Waals surface area contributed by atoms with Crippen LogP contribution in [0.2, 0.25) is 0 Å². The standard InChI is InChI=1S/C19H19NO5/c1-10-8-20-14(11(2)18(10)23-4)9-24-16-6-5-13-15(21)7-17(22)25-19(13)12(16)3/h5-8,21H,9H2,1-4H3. The zero-order valence-electron chi connectivity index (χ0n) is 14.5. The molecule has 0 amide bonds. The van der Waals surface area contributed by atoms with Crippen molar-refractivity contribution in [3.63, 3.8) is 0 Å². The second-order valence-corrected chi connectivity index (χ2v) is 5.85. The summed E-state index contributed by atoms with van der Waals surface area (Å²) in [6.07, 6.45) is 1.74. The largest absolute Gasteiger partial charge is 0.507 e. The third-order valence-electron chi connectivity index (χ3n) is 4.20. The number of pyridine rings is 1. The average molecular weight is 341 g/mol. The Morgan fingerprint density at radius 2 is 1.96 bits per heavy atom. The van der Waals surface area contributed by atoms with E-state index in [4.69, 9.17) is 13.9 Å². The van der Waals surface area contributed by atoms with Crippen LogP contribution in [0.4, 0.5) is 0 Å². The van der Waals surface area contributed by atoms with Gasteiger partial charge in [-0.1, -0.05) is 0 Å². The van der Waals surface area contributed by atoms with Crippen LogP contribution in [-0.4, -0.2) is 17.2 Å². The normalized spacial score (nSPS) is 10.9. The summed E-state index contributed by atoms with van der Waals surface area (Å²) in [5.41, 5.74) is 2.99. The van der Waals surface area contributed by atoms with Crippen molar-refractivity contribution in [2.45, 2.75) is 27.4 Å². The van der Waals surface area contributed by atoms with Gasteiger partial charge >= 0.3 is 5.63 Å². The number of fused-ring (bicyclic) bond motifs is 1. The van der Waals surface area contributed by atoms with E-state index in [0.717, 1.165) is 28.6 Å². The summed E-state index contributed by atoms with van der Waals surface area (Å²) in [5.74, 6) is 1.24. The van der Waals surface area contributed by atoms with Gasteiger partial charge in [0.05, 0.1) is 24.3 Å². The van der Waals surface area contributed by atoms with Gasteiger partial charge in [0.15, 0.2) is 0 Å². The molecule has 2 aromatic heterocycles. The Balaban J connectivity index is 1.95. The van der Waals surface area contributed by atoms with Crippen LogP contribution in [0.15, 0.2) is 33.6 Å². The lowest BCUT2D eigenvalue weighted by Crippen LogP contribution is -2.05. The predicted molar refractivity (Wildman–Crippen MR) is 93.5 cm³/mol. The molecule has 0 bridgehead atoms. The topological polar surface area (TPSA) is 81.8 Å². The fourth-order valence-corrected chi connectivity index (χ4v) is 2.85. The molecule has 1 N–H and O–H groups in total. The van der Waals surface area contributed by atoms with Gasteiger partial charge in [0.1, 0.15) is 29.4 Å². The van der Waals surface area contributed by atoms with Gasteiger partial charge in [0.2, 0.25) is 0 Å². The Kier molecular flexibility index (Phi) is 4.35. The number of aromatic nitrogens is 1. The van der Waals surface area contributed by atoms with E-state index in [9.17, 15) is 9.90 Å². The quantitative estimate of drug-likeness (QED) is 0.732. The molecule has 0 aliphatic heterocycles. The molecule has 3 rings (SSSR count). The van der Waals surface area contributed by atoms with Crippen molar-refractivity contribution >= 4 is 11.0 Å². The third-order valence-corrected chi connectivity index (χ3v) is 4.20. The molecule has 3 aromatic rings. The number of benzene rings is 1.